The number of amides is 1. The zero-order valence-corrected chi connectivity index (χ0v) is 16.5. The van der Waals surface area contributed by atoms with Gasteiger partial charge in [-0.25, -0.2) is 0 Å². The van der Waals surface area contributed by atoms with Gasteiger partial charge in [0.25, 0.3) is 5.91 Å². The Morgan fingerprint density at radius 3 is 2.50 bits per heavy atom. The Morgan fingerprint density at radius 1 is 1.27 bits per heavy atom. The average molecular weight is 425 g/mol. The SMILES string of the molecule is COc1cc(N2CCC(C(F)(F)F)CC2)c2ncc(C(=O)N[C@@H](C)C(=O)O)cc2c1. The summed E-state index contributed by atoms with van der Waals surface area (Å²) in [5.74, 6) is -2.59. The summed E-state index contributed by atoms with van der Waals surface area (Å²) in [5, 5.41) is 11.9. The predicted molar refractivity (Wildman–Crippen MR) is 104 cm³/mol. The molecular formula is C20H22F3N3O4. The van der Waals surface area contributed by atoms with Gasteiger partial charge in [-0.3, -0.25) is 14.6 Å². The minimum Gasteiger partial charge on any atom is -0.497 e. The lowest BCUT2D eigenvalue weighted by Crippen LogP contribution is -2.39. The molecule has 1 fully saturated rings. The number of carbonyl (C=O) groups is 2. The van der Waals surface area contributed by atoms with Crippen LogP contribution in [0.3, 0.4) is 0 Å². The van der Waals surface area contributed by atoms with Crippen molar-refractivity contribution < 1.29 is 32.6 Å². The predicted octanol–water partition coefficient (Wildman–Crippen LogP) is 3.23. The smallest absolute Gasteiger partial charge is 0.391 e. The van der Waals surface area contributed by atoms with Gasteiger partial charge in [0.1, 0.15) is 11.8 Å². The summed E-state index contributed by atoms with van der Waals surface area (Å²) in [4.78, 5) is 29.4. The monoisotopic (exact) mass is 425 g/mol. The van der Waals surface area contributed by atoms with Crippen LogP contribution in [-0.4, -0.2) is 54.4 Å². The summed E-state index contributed by atoms with van der Waals surface area (Å²) >= 11 is 0. The van der Waals surface area contributed by atoms with E-state index >= 15 is 0 Å². The number of methoxy groups -OCH3 is 1. The van der Waals surface area contributed by atoms with E-state index in [0.29, 0.717) is 22.3 Å². The topological polar surface area (TPSA) is 91.8 Å². The molecular weight excluding hydrogens is 403 g/mol. The van der Waals surface area contributed by atoms with Crippen LogP contribution < -0.4 is 15.0 Å². The first-order chi connectivity index (χ1) is 14.1. The number of rotatable bonds is 5. The van der Waals surface area contributed by atoms with Gasteiger partial charge in [0.2, 0.25) is 0 Å². The molecule has 10 heteroatoms. The average Bonchev–Trinajstić information content (AvgIpc) is 2.71. The van der Waals surface area contributed by atoms with Crippen molar-refractivity contribution in [3.05, 3.63) is 30.0 Å². The number of alkyl halides is 3. The van der Waals surface area contributed by atoms with Gasteiger partial charge in [0.15, 0.2) is 0 Å². The molecule has 1 saturated heterocycles. The number of aromatic nitrogens is 1. The Morgan fingerprint density at radius 2 is 1.93 bits per heavy atom. The van der Waals surface area contributed by atoms with E-state index in [-0.39, 0.29) is 31.5 Å². The largest absolute Gasteiger partial charge is 0.497 e. The Hall–Kier alpha value is -3.04. The first-order valence-corrected chi connectivity index (χ1v) is 9.43. The molecule has 2 heterocycles. The summed E-state index contributed by atoms with van der Waals surface area (Å²) < 4.78 is 44.2. The summed E-state index contributed by atoms with van der Waals surface area (Å²) in [7, 11) is 1.47. The van der Waals surface area contributed by atoms with Crippen LogP contribution in [-0.2, 0) is 4.79 Å². The third kappa shape index (κ3) is 4.58. The number of hydrogen-bond donors (Lipinski definition) is 2. The van der Waals surface area contributed by atoms with Crippen LogP contribution in [0.5, 0.6) is 5.75 Å². The molecule has 0 unspecified atom stereocenters. The molecule has 7 nitrogen and oxygen atoms in total. The number of anilines is 1. The quantitative estimate of drug-likeness (QED) is 0.764. The molecule has 1 atom stereocenters. The maximum atomic E-state index is 13.0. The van der Waals surface area contributed by atoms with E-state index in [9.17, 15) is 22.8 Å². The van der Waals surface area contributed by atoms with E-state index in [4.69, 9.17) is 9.84 Å². The molecule has 0 saturated carbocycles. The van der Waals surface area contributed by atoms with E-state index in [0.717, 1.165) is 0 Å². The lowest BCUT2D eigenvalue weighted by molar-refractivity contribution is -0.179. The summed E-state index contributed by atoms with van der Waals surface area (Å²) in [6.45, 7) is 1.80. The van der Waals surface area contributed by atoms with Crippen LogP contribution in [0.15, 0.2) is 24.4 Å². The molecule has 0 bridgehead atoms. The molecule has 2 aromatic rings. The fourth-order valence-electron chi connectivity index (χ4n) is 3.48. The first-order valence-electron chi connectivity index (χ1n) is 9.43. The molecule has 1 aromatic heterocycles. The van der Waals surface area contributed by atoms with Crippen molar-refractivity contribution in [1.29, 1.82) is 0 Å². The second kappa shape index (κ2) is 8.37. The van der Waals surface area contributed by atoms with Gasteiger partial charge in [-0.1, -0.05) is 0 Å². The van der Waals surface area contributed by atoms with Gasteiger partial charge in [0, 0.05) is 30.7 Å². The number of nitrogens with zero attached hydrogens (tertiary/aromatic N) is 2. The summed E-state index contributed by atoms with van der Waals surface area (Å²) in [6, 6.07) is 3.88. The summed E-state index contributed by atoms with van der Waals surface area (Å²) in [5.41, 5.74) is 1.34. The maximum absolute atomic E-state index is 13.0. The van der Waals surface area contributed by atoms with E-state index in [1.165, 1.54) is 20.2 Å². The third-order valence-corrected chi connectivity index (χ3v) is 5.25. The lowest BCUT2D eigenvalue weighted by atomic mass is 9.95. The number of pyridine rings is 1. The molecule has 162 valence electrons. The first kappa shape index (κ1) is 21.7. The molecule has 0 aliphatic carbocycles. The Labute approximate surface area is 170 Å². The molecule has 0 spiro atoms. The van der Waals surface area contributed by atoms with Crippen LogP contribution in [0.4, 0.5) is 18.9 Å². The number of benzene rings is 1. The van der Waals surface area contributed by atoms with E-state index in [2.05, 4.69) is 10.3 Å². The second-order valence-corrected chi connectivity index (χ2v) is 7.28. The number of piperidine rings is 1. The molecule has 1 aliphatic heterocycles. The van der Waals surface area contributed by atoms with Crippen molar-refractivity contribution in [3.8, 4) is 5.75 Å². The Kier molecular flexibility index (Phi) is 6.04. The summed E-state index contributed by atoms with van der Waals surface area (Å²) in [6.07, 6.45) is -2.88. The Balaban J connectivity index is 1.91. The van der Waals surface area contributed by atoms with E-state index in [1.54, 1.807) is 18.2 Å². The second-order valence-electron chi connectivity index (χ2n) is 7.28. The molecule has 1 aromatic carbocycles. The lowest BCUT2D eigenvalue weighted by Gasteiger charge is -2.34. The van der Waals surface area contributed by atoms with Crippen LogP contribution in [0, 0.1) is 5.92 Å². The van der Waals surface area contributed by atoms with Crippen molar-refractivity contribution in [3.63, 3.8) is 0 Å². The van der Waals surface area contributed by atoms with Gasteiger partial charge in [0.05, 0.1) is 29.8 Å². The number of fused-ring (bicyclic) bond motifs is 1. The molecule has 1 amide bonds. The van der Waals surface area contributed by atoms with Crippen molar-refractivity contribution in [2.45, 2.75) is 32.0 Å². The number of carbonyl (C=O) groups excluding carboxylic acids is 1. The van der Waals surface area contributed by atoms with Gasteiger partial charge in [-0.2, -0.15) is 13.2 Å². The Bertz CT molecular complexity index is 956. The highest BCUT2D eigenvalue weighted by Gasteiger charge is 2.41. The normalized spacial score (nSPS) is 16.4. The zero-order chi connectivity index (χ0) is 22.1. The van der Waals surface area contributed by atoms with Crippen LogP contribution in [0.25, 0.3) is 10.9 Å². The number of hydrogen-bond acceptors (Lipinski definition) is 5. The number of nitrogens with one attached hydrogen (secondary N) is 1. The number of carboxylic acids is 1. The van der Waals surface area contributed by atoms with E-state index in [1.807, 2.05) is 4.90 Å². The van der Waals surface area contributed by atoms with Crippen molar-refractivity contribution >= 4 is 28.5 Å². The highest BCUT2D eigenvalue weighted by atomic mass is 19.4. The van der Waals surface area contributed by atoms with Crippen molar-refractivity contribution in [2.24, 2.45) is 5.92 Å². The minimum atomic E-state index is -4.20. The maximum Gasteiger partial charge on any atom is 0.391 e. The standard InChI is InChI=1S/C20H22F3N3O4/c1-11(19(28)29)25-18(27)13-7-12-8-15(30-2)9-16(17(12)24-10-13)26-5-3-14(4-6-26)20(21,22)23/h7-11,14H,3-6H2,1-2H3,(H,25,27)(H,28,29)/t11-/m0/s1. The number of carboxylic acid groups (broad SMARTS) is 1. The van der Waals surface area contributed by atoms with Gasteiger partial charge in [-0.05, 0) is 31.9 Å². The van der Waals surface area contributed by atoms with Crippen LogP contribution in [0.1, 0.15) is 30.1 Å². The molecule has 3 rings (SSSR count). The van der Waals surface area contributed by atoms with Crippen LogP contribution in [0.2, 0.25) is 0 Å². The van der Waals surface area contributed by atoms with E-state index < -0.39 is 30.0 Å². The fraction of sp³-hybridized carbons (Fsp3) is 0.450. The highest BCUT2D eigenvalue weighted by molar-refractivity contribution is 6.01. The number of ether oxygens (including phenoxy) is 1. The minimum absolute atomic E-state index is 0.00420. The molecule has 0 radical (unpaired) electrons. The van der Waals surface area contributed by atoms with Crippen LogP contribution >= 0.6 is 0 Å². The molecule has 2 N–H and O–H groups in total. The van der Waals surface area contributed by atoms with Crippen molar-refractivity contribution in [1.82, 2.24) is 10.3 Å². The molecule has 1 aliphatic rings. The highest BCUT2D eigenvalue weighted by Crippen LogP contribution is 2.38. The fourth-order valence-corrected chi connectivity index (χ4v) is 3.48. The van der Waals surface area contributed by atoms with Gasteiger partial charge >= 0.3 is 12.1 Å². The third-order valence-electron chi connectivity index (χ3n) is 5.25. The van der Waals surface area contributed by atoms with Gasteiger partial charge < -0.3 is 20.1 Å². The molecule has 30 heavy (non-hydrogen) atoms. The number of aliphatic carboxylic acids is 1. The zero-order valence-electron chi connectivity index (χ0n) is 16.5. The number of halogens is 3. The van der Waals surface area contributed by atoms with Crippen molar-refractivity contribution in [2.75, 3.05) is 25.1 Å². The van der Waals surface area contributed by atoms with Gasteiger partial charge in [-0.15, -0.1) is 0 Å².